The van der Waals surface area contributed by atoms with Crippen molar-refractivity contribution in [1.29, 1.82) is 0 Å². The minimum atomic E-state index is -2.37. The van der Waals surface area contributed by atoms with Crippen LogP contribution in [0.5, 0.6) is 0 Å². The molecule has 42 heavy (non-hydrogen) atoms. The Balaban J connectivity index is 2.67. The van der Waals surface area contributed by atoms with Crippen LogP contribution < -0.4 is 0 Å². The van der Waals surface area contributed by atoms with E-state index in [4.69, 9.17) is 4.18 Å². The monoisotopic (exact) mass is 588 g/mol. The molecule has 0 heterocycles. The molecule has 0 saturated carbocycles. The Bertz CT molecular complexity index is 1150. The van der Waals surface area contributed by atoms with Gasteiger partial charge in [-0.25, -0.2) is 0 Å². The Kier molecular flexibility index (Phi) is 13.7. The minimum absolute atomic E-state index is 0.112. The molecule has 0 radical (unpaired) electrons. The molecular formula is C39H56O2S. The van der Waals surface area contributed by atoms with Crippen molar-refractivity contribution in [3.63, 3.8) is 0 Å². The highest BCUT2D eigenvalue weighted by molar-refractivity contribution is 8.30. The van der Waals surface area contributed by atoms with Crippen molar-refractivity contribution >= 4 is 16.3 Å². The first-order valence-electron chi connectivity index (χ1n) is 16.8. The van der Waals surface area contributed by atoms with Crippen molar-refractivity contribution in [2.45, 2.75) is 147 Å². The summed E-state index contributed by atoms with van der Waals surface area (Å²) in [6.07, 6.45) is 12.9. The lowest BCUT2D eigenvalue weighted by Gasteiger charge is -2.45. The first-order chi connectivity index (χ1) is 20.4. The molecule has 0 aliphatic heterocycles. The summed E-state index contributed by atoms with van der Waals surface area (Å²) >= 11 is 0. The van der Waals surface area contributed by atoms with Crippen LogP contribution in [0.25, 0.3) is 0 Å². The summed E-state index contributed by atoms with van der Waals surface area (Å²) in [6, 6.07) is 20.6. The Morgan fingerprint density at radius 3 is 1.21 bits per heavy atom. The molecule has 0 fully saturated rings. The molecule has 0 atom stereocenters. The second kappa shape index (κ2) is 16.9. The average molecular weight is 589 g/mol. The van der Waals surface area contributed by atoms with Crippen LogP contribution in [0.2, 0.25) is 0 Å². The second-order valence-corrected chi connectivity index (χ2v) is 14.2. The molecule has 0 bridgehead atoms. The smallest absolute Gasteiger partial charge is 0.316 e. The third-order valence-corrected chi connectivity index (χ3v) is 11.5. The molecule has 0 amide bonds. The molecule has 0 aliphatic carbocycles. The highest BCUT2D eigenvalue weighted by Gasteiger charge is 2.42. The standard InChI is InChI=1S/C39H56O2S/c1-8-18-30-26-32(20-10-3)38(33(27-30)21-11-4)42(41-37(40)14-7,36-24-16-15-17-25-36)39-34(22-12-5)28-31(19-9-2)29-35(39)23-13-6/h15-17,24-29H,8-14,18-23H2,1-7H3. The van der Waals surface area contributed by atoms with E-state index >= 15 is 0 Å². The molecule has 2 nitrogen and oxygen atoms in total. The fraction of sp³-hybridized carbons (Fsp3) is 0.513. The summed E-state index contributed by atoms with van der Waals surface area (Å²) in [4.78, 5) is 17.5. The molecule has 0 unspecified atom stereocenters. The number of rotatable bonds is 17. The molecule has 3 aromatic carbocycles. The average Bonchev–Trinajstić information content (AvgIpc) is 2.98. The van der Waals surface area contributed by atoms with E-state index in [0.717, 1.165) is 81.9 Å². The fourth-order valence-electron chi connectivity index (χ4n) is 6.36. The lowest BCUT2D eigenvalue weighted by Crippen LogP contribution is -2.20. The maximum atomic E-state index is 13.8. The zero-order valence-electron chi connectivity index (χ0n) is 27.6. The van der Waals surface area contributed by atoms with Crippen LogP contribution in [0.4, 0.5) is 0 Å². The van der Waals surface area contributed by atoms with Crippen molar-refractivity contribution in [3.8, 4) is 0 Å². The summed E-state index contributed by atoms with van der Waals surface area (Å²) < 4.78 is 7.14. The van der Waals surface area contributed by atoms with E-state index in [1.165, 1.54) is 43.2 Å². The number of hydrogen-bond acceptors (Lipinski definition) is 2. The van der Waals surface area contributed by atoms with Gasteiger partial charge >= 0.3 is 5.97 Å². The molecule has 0 aliphatic rings. The van der Waals surface area contributed by atoms with Gasteiger partial charge < -0.3 is 4.18 Å². The van der Waals surface area contributed by atoms with Gasteiger partial charge in [0.05, 0.1) is 0 Å². The lowest BCUT2D eigenvalue weighted by atomic mass is 9.97. The van der Waals surface area contributed by atoms with Gasteiger partial charge in [-0.05, 0) is 94.3 Å². The maximum Gasteiger partial charge on any atom is 0.316 e. The number of carbonyl (C=O) groups excluding carboxylic acids is 1. The Labute approximate surface area is 259 Å². The van der Waals surface area contributed by atoms with E-state index in [0.29, 0.717) is 6.42 Å². The van der Waals surface area contributed by atoms with Crippen LogP contribution in [0, 0.1) is 0 Å². The Morgan fingerprint density at radius 2 is 0.905 bits per heavy atom. The Hall–Kier alpha value is -2.52. The van der Waals surface area contributed by atoms with Crippen LogP contribution >= 0.6 is 10.3 Å². The topological polar surface area (TPSA) is 26.3 Å². The number of benzene rings is 3. The molecule has 3 rings (SSSR count). The van der Waals surface area contributed by atoms with E-state index in [-0.39, 0.29) is 5.97 Å². The molecule has 0 spiro atoms. The van der Waals surface area contributed by atoms with E-state index in [2.05, 4.69) is 96.1 Å². The van der Waals surface area contributed by atoms with Crippen LogP contribution in [-0.4, -0.2) is 5.97 Å². The van der Waals surface area contributed by atoms with Crippen molar-refractivity contribution in [2.24, 2.45) is 0 Å². The number of hydrogen-bond donors (Lipinski definition) is 0. The van der Waals surface area contributed by atoms with Crippen molar-refractivity contribution in [3.05, 3.63) is 88.0 Å². The quantitative estimate of drug-likeness (QED) is 0.157. The van der Waals surface area contributed by atoms with Crippen molar-refractivity contribution < 1.29 is 8.98 Å². The van der Waals surface area contributed by atoms with E-state index in [9.17, 15) is 4.79 Å². The summed E-state index contributed by atoms with van der Waals surface area (Å²) in [5, 5.41) is 0. The Morgan fingerprint density at radius 1 is 0.548 bits per heavy atom. The van der Waals surface area contributed by atoms with Gasteiger partial charge in [0.15, 0.2) is 0 Å². The van der Waals surface area contributed by atoms with E-state index < -0.39 is 10.3 Å². The van der Waals surface area contributed by atoms with Gasteiger partial charge in [-0.2, -0.15) is 0 Å². The number of carbonyl (C=O) groups is 1. The third-order valence-electron chi connectivity index (χ3n) is 7.92. The van der Waals surface area contributed by atoms with Gasteiger partial charge in [0.1, 0.15) is 0 Å². The van der Waals surface area contributed by atoms with Gasteiger partial charge in [0.2, 0.25) is 0 Å². The number of aryl methyl sites for hydroxylation is 6. The fourth-order valence-corrected chi connectivity index (χ4v) is 10.4. The largest absolute Gasteiger partial charge is 0.402 e. The van der Waals surface area contributed by atoms with Gasteiger partial charge in [-0.1, -0.05) is 129 Å². The van der Waals surface area contributed by atoms with Gasteiger partial charge in [0, 0.05) is 21.1 Å². The molecule has 230 valence electrons. The van der Waals surface area contributed by atoms with Gasteiger partial charge in [0.25, 0.3) is 0 Å². The highest BCUT2D eigenvalue weighted by atomic mass is 32.3. The summed E-state index contributed by atoms with van der Waals surface area (Å²) in [5.41, 5.74) is 8.32. The SMILES string of the molecule is CCCc1cc(CCC)c(S(OC(=O)CC)(c2ccccc2)c2c(CCC)cc(CCC)cc2CCC)c(CCC)c1. The first-order valence-corrected chi connectivity index (χ1v) is 18.4. The maximum absolute atomic E-state index is 13.8. The normalized spacial score (nSPS) is 12.0. The molecule has 0 N–H and O–H groups in total. The van der Waals surface area contributed by atoms with Crippen molar-refractivity contribution in [2.75, 3.05) is 0 Å². The zero-order chi connectivity index (χ0) is 30.5. The molecular weight excluding hydrogens is 532 g/mol. The van der Waals surface area contributed by atoms with Crippen LogP contribution in [0.15, 0.2) is 69.3 Å². The summed E-state index contributed by atoms with van der Waals surface area (Å²) in [7, 11) is -2.37. The highest BCUT2D eigenvalue weighted by Crippen LogP contribution is 2.73. The van der Waals surface area contributed by atoms with Crippen LogP contribution in [-0.2, 0) is 47.5 Å². The molecule has 3 heteroatoms. The predicted octanol–water partition coefficient (Wildman–Crippen LogP) is 11.6. The summed E-state index contributed by atoms with van der Waals surface area (Å²) in [5.74, 6) is -0.112. The predicted molar refractivity (Wildman–Crippen MR) is 182 cm³/mol. The molecule has 0 saturated heterocycles. The third kappa shape index (κ3) is 7.70. The molecule has 0 aromatic heterocycles. The van der Waals surface area contributed by atoms with Gasteiger partial charge in [-0.15, -0.1) is 0 Å². The zero-order valence-corrected chi connectivity index (χ0v) is 28.4. The van der Waals surface area contributed by atoms with E-state index in [1.807, 2.05) is 6.92 Å². The minimum Gasteiger partial charge on any atom is -0.402 e. The van der Waals surface area contributed by atoms with Crippen molar-refractivity contribution in [1.82, 2.24) is 0 Å². The second-order valence-electron chi connectivity index (χ2n) is 11.7. The molecule has 3 aromatic rings. The summed E-state index contributed by atoms with van der Waals surface area (Å²) in [6.45, 7) is 15.6. The lowest BCUT2D eigenvalue weighted by molar-refractivity contribution is -0.133. The van der Waals surface area contributed by atoms with Gasteiger partial charge in [-0.3, -0.25) is 4.79 Å². The first kappa shape index (κ1) is 34.0. The van der Waals surface area contributed by atoms with Crippen LogP contribution in [0.1, 0.15) is 127 Å². The van der Waals surface area contributed by atoms with Crippen LogP contribution in [0.3, 0.4) is 0 Å². The van der Waals surface area contributed by atoms with E-state index in [1.54, 1.807) is 0 Å².